The number of ether oxygens (including phenoxy) is 1. The van der Waals surface area contributed by atoms with Crippen LogP contribution >= 0.6 is 0 Å². The summed E-state index contributed by atoms with van der Waals surface area (Å²) in [4.78, 5) is 47.8. The van der Waals surface area contributed by atoms with Crippen molar-refractivity contribution in [3.63, 3.8) is 0 Å². The molecule has 0 fully saturated rings. The Morgan fingerprint density at radius 1 is 0.978 bits per heavy atom. The second kappa shape index (κ2) is 13.9. The molecule has 4 rings (SSSR count). The number of nitrogens with zero attached hydrogens (tertiary/aromatic N) is 3. The number of hydrogen-bond acceptors (Lipinski definition) is 6. The molecule has 3 N–H and O–H groups in total. The monoisotopic (exact) mass is 641 g/mol. The third-order valence-electron chi connectivity index (χ3n) is 7.79. The number of benzene rings is 2. The number of anilines is 2. The number of carbonyl (C=O) groups is 3. The van der Waals surface area contributed by atoms with Crippen LogP contribution in [0.5, 0.6) is 0 Å². The summed E-state index contributed by atoms with van der Waals surface area (Å²) in [6, 6.07) is 14.1. The fourth-order valence-corrected chi connectivity index (χ4v) is 5.63. The molecule has 0 aliphatic carbocycles. The zero-order valence-electron chi connectivity index (χ0n) is 24.3. The van der Waals surface area contributed by atoms with Gasteiger partial charge in [-0.15, -0.1) is 0 Å². The molecule has 0 unspecified atom stereocenters. The Hall–Kier alpha value is -4.14. The van der Waals surface area contributed by atoms with Gasteiger partial charge in [0, 0.05) is 62.5 Å². The maximum Gasteiger partial charge on any atom is 0.389 e. The first-order valence-corrected chi connectivity index (χ1v) is 14.2. The van der Waals surface area contributed by atoms with E-state index >= 15 is 0 Å². The number of para-hydroxylation sites is 1. The van der Waals surface area contributed by atoms with Crippen LogP contribution in [0.3, 0.4) is 0 Å². The molecule has 2 aliphatic heterocycles. The molecule has 0 saturated carbocycles. The van der Waals surface area contributed by atoms with Crippen LogP contribution in [0, 0.1) is 11.8 Å². The van der Waals surface area contributed by atoms with Gasteiger partial charge >= 0.3 is 12.4 Å². The van der Waals surface area contributed by atoms with Crippen LogP contribution in [0.4, 0.5) is 37.7 Å². The van der Waals surface area contributed by atoms with Crippen LogP contribution in [-0.2, 0) is 19.1 Å². The summed E-state index contributed by atoms with van der Waals surface area (Å²) in [5.74, 6) is -7.06. The number of primary amides is 1. The normalized spacial score (nSPS) is 18.1. The Kier molecular flexibility index (Phi) is 10.4. The van der Waals surface area contributed by atoms with E-state index in [1.807, 2.05) is 11.0 Å². The van der Waals surface area contributed by atoms with Crippen LogP contribution in [0.15, 0.2) is 53.5 Å². The number of nitrogens with one attached hydrogen (secondary N) is 1. The second-order valence-electron chi connectivity index (χ2n) is 10.8. The van der Waals surface area contributed by atoms with Crippen molar-refractivity contribution >= 4 is 34.8 Å². The summed E-state index contributed by atoms with van der Waals surface area (Å²) in [5, 5.41) is 2.36. The Balaban J connectivity index is 1.75. The fourth-order valence-electron chi connectivity index (χ4n) is 5.63. The molecule has 15 heteroatoms. The van der Waals surface area contributed by atoms with Gasteiger partial charge in [-0.3, -0.25) is 14.4 Å². The zero-order valence-corrected chi connectivity index (χ0v) is 24.3. The average Bonchev–Trinajstić information content (AvgIpc) is 3.09. The lowest BCUT2D eigenvalue weighted by Gasteiger charge is -2.38. The number of nitrogens with two attached hydrogens (primary N) is 1. The van der Waals surface area contributed by atoms with Crippen LogP contribution in [-0.4, -0.2) is 75.3 Å². The molecule has 0 aromatic heterocycles. The highest BCUT2D eigenvalue weighted by Gasteiger charge is 2.42. The van der Waals surface area contributed by atoms with Crippen LogP contribution in [0.2, 0.25) is 0 Å². The zero-order chi connectivity index (χ0) is 32.9. The third-order valence-corrected chi connectivity index (χ3v) is 7.79. The highest BCUT2D eigenvalue weighted by molar-refractivity contribution is 6.22. The van der Waals surface area contributed by atoms with Gasteiger partial charge in [0.2, 0.25) is 18.0 Å². The van der Waals surface area contributed by atoms with Gasteiger partial charge in [0.1, 0.15) is 0 Å². The molecule has 2 aromatic carbocycles. The summed E-state index contributed by atoms with van der Waals surface area (Å²) in [5.41, 5.74) is 7.96. The number of halogens is 6. The fraction of sp³-hybridized carbons (Fsp3) is 0.467. The SMILES string of the molecule is COCCN1CCN2C(=O)[C@@H](NC(=O)[C@H](CCC(F)(F)F)[C@H](CCC(F)(F)F)C(N)=O)N=C(c3ccccc3)c3cccc1c32. The van der Waals surface area contributed by atoms with Gasteiger partial charge in [-0.25, -0.2) is 4.99 Å². The first kappa shape index (κ1) is 33.7. The van der Waals surface area contributed by atoms with Crippen LogP contribution in [0.1, 0.15) is 36.8 Å². The Morgan fingerprint density at radius 2 is 1.62 bits per heavy atom. The van der Waals surface area contributed by atoms with Crippen LogP contribution < -0.4 is 20.9 Å². The number of hydrogen-bond donors (Lipinski definition) is 2. The topological polar surface area (TPSA) is 117 Å². The summed E-state index contributed by atoms with van der Waals surface area (Å²) in [6.45, 7) is 1.48. The molecule has 2 aliphatic rings. The molecule has 45 heavy (non-hydrogen) atoms. The predicted octanol–water partition coefficient (Wildman–Crippen LogP) is 4.18. The van der Waals surface area contributed by atoms with Gasteiger partial charge in [-0.2, -0.15) is 26.3 Å². The first-order chi connectivity index (χ1) is 21.2. The molecule has 0 spiro atoms. The van der Waals surface area contributed by atoms with Gasteiger partial charge in [0.05, 0.1) is 23.7 Å². The lowest BCUT2D eigenvalue weighted by Crippen LogP contribution is -2.53. The lowest BCUT2D eigenvalue weighted by atomic mass is 9.83. The van der Waals surface area contributed by atoms with Gasteiger partial charge in [-0.1, -0.05) is 42.5 Å². The largest absolute Gasteiger partial charge is 0.389 e. The number of carbonyl (C=O) groups excluding carboxylic acids is 3. The number of rotatable bonds is 12. The van der Waals surface area contributed by atoms with E-state index in [9.17, 15) is 40.7 Å². The van der Waals surface area contributed by atoms with Crippen molar-refractivity contribution in [2.24, 2.45) is 22.6 Å². The number of methoxy groups -OCH3 is 1. The molecule has 2 aromatic rings. The van der Waals surface area contributed by atoms with E-state index in [-0.39, 0.29) is 6.54 Å². The van der Waals surface area contributed by atoms with E-state index in [2.05, 4.69) is 10.3 Å². The molecular weight excluding hydrogens is 608 g/mol. The quantitative estimate of drug-likeness (QED) is 0.338. The van der Waals surface area contributed by atoms with Gasteiger partial charge in [0.25, 0.3) is 5.91 Å². The Morgan fingerprint density at radius 3 is 2.22 bits per heavy atom. The highest BCUT2D eigenvalue weighted by Crippen LogP contribution is 2.40. The minimum atomic E-state index is -4.78. The smallest absolute Gasteiger partial charge is 0.383 e. The van der Waals surface area contributed by atoms with Crippen LogP contribution in [0.25, 0.3) is 0 Å². The summed E-state index contributed by atoms with van der Waals surface area (Å²) >= 11 is 0. The van der Waals surface area contributed by atoms with E-state index < -0.39 is 73.8 Å². The predicted molar refractivity (Wildman–Crippen MR) is 154 cm³/mol. The van der Waals surface area contributed by atoms with Crippen molar-refractivity contribution in [3.05, 3.63) is 59.7 Å². The Bertz CT molecular complexity index is 1420. The lowest BCUT2D eigenvalue weighted by molar-refractivity contribution is -0.152. The molecular formula is C30H33F6N5O4. The van der Waals surface area contributed by atoms with Crippen molar-refractivity contribution in [3.8, 4) is 0 Å². The number of amides is 3. The number of alkyl halides is 6. The Labute approximate surface area is 255 Å². The van der Waals surface area contributed by atoms with Gasteiger partial charge < -0.3 is 25.6 Å². The average molecular weight is 642 g/mol. The minimum absolute atomic E-state index is 0.170. The molecule has 9 nitrogen and oxygen atoms in total. The van der Waals surface area contributed by atoms with E-state index in [0.717, 1.165) is 0 Å². The second-order valence-corrected chi connectivity index (χ2v) is 10.8. The summed E-state index contributed by atoms with van der Waals surface area (Å²) in [7, 11) is 1.56. The molecule has 0 bridgehead atoms. The highest BCUT2D eigenvalue weighted by atomic mass is 19.4. The van der Waals surface area contributed by atoms with E-state index in [0.29, 0.717) is 47.9 Å². The van der Waals surface area contributed by atoms with Crippen molar-refractivity contribution in [2.45, 2.75) is 44.2 Å². The minimum Gasteiger partial charge on any atom is -0.383 e. The van der Waals surface area contributed by atoms with Gasteiger partial charge in [0.15, 0.2) is 0 Å². The van der Waals surface area contributed by atoms with Crippen molar-refractivity contribution in [2.75, 3.05) is 43.2 Å². The molecule has 0 radical (unpaired) electrons. The summed E-state index contributed by atoms with van der Waals surface area (Å²) in [6.07, 6.45) is -16.3. The van der Waals surface area contributed by atoms with Crippen molar-refractivity contribution in [1.82, 2.24) is 5.32 Å². The van der Waals surface area contributed by atoms with E-state index in [1.165, 1.54) is 4.90 Å². The maximum absolute atomic E-state index is 14.0. The number of aliphatic imine (C=N–C) groups is 1. The maximum atomic E-state index is 14.0. The third kappa shape index (κ3) is 8.32. The molecule has 0 saturated heterocycles. The van der Waals surface area contributed by atoms with Crippen molar-refractivity contribution < 1.29 is 45.5 Å². The molecule has 3 amide bonds. The summed E-state index contributed by atoms with van der Waals surface area (Å²) < 4.78 is 83.9. The molecule has 2 heterocycles. The van der Waals surface area contributed by atoms with Crippen molar-refractivity contribution in [1.29, 1.82) is 0 Å². The van der Waals surface area contributed by atoms with E-state index in [1.54, 1.807) is 49.6 Å². The standard InChI is InChI=1S/C30H33F6N5O4/c1-45-17-16-40-14-15-41-24-21(8-5-9-22(24)40)23(18-6-3-2-4-7-18)38-26(28(41)44)39-27(43)20(11-13-30(34,35)36)19(25(37)42)10-12-29(31,32)33/h2-9,19-20,26H,10-17H2,1H3,(H2,37,42)(H,39,43)/t19-,20+,26+/m0/s1. The van der Waals surface area contributed by atoms with Gasteiger partial charge in [-0.05, 0) is 18.9 Å². The van der Waals surface area contributed by atoms with E-state index in [4.69, 9.17) is 10.5 Å². The molecule has 3 atom stereocenters. The molecule has 244 valence electrons. The first-order valence-electron chi connectivity index (χ1n) is 14.2.